The number of H-pyrrole nitrogens is 1. The van der Waals surface area contributed by atoms with Crippen molar-refractivity contribution in [1.82, 2.24) is 15.0 Å². The summed E-state index contributed by atoms with van der Waals surface area (Å²) in [7, 11) is 1.83. The number of pyridine rings is 1. The molecule has 0 saturated carbocycles. The van der Waals surface area contributed by atoms with Crippen molar-refractivity contribution in [3.63, 3.8) is 0 Å². The molecule has 0 atom stereocenters. The van der Waals surface area contributed by atoms with Crippen LogP contribution in [0.25, 0.3) is 11.2 Å². The van der Waals surface area contributed by atoms with Crippen LogP contribution >= 0.6 is 0 Å². The first-order valence-corrected chi connectivity index (χ1v) is 4.22. The normalized spacial score (nSPS) is 10.7. The van der Waals surface area contributed by atoms with Gasteiger partial charge in [-0.25, -0.2) is 4.98 Å². The maximum absolute atomic E-state index is 4.36. The molecule has 2 rings (SSSR count). The van der Waals surface area contributed by atoms with E-state index in [1.54, 1.807) is 0 Å². The highest BCUT2D eigenvalue weighted by atomic mass is 15.1. The van der Waals surface area contributed by atoms with Crippen molar-refractivity contribution in [2.75, 3.05) is 12.4 Å². The number of anilines is 1. The molecule has 0 spiro atoms. The summed E-state index contributed by atoms with van der Waals surface area (Å²) in [4.78, 5) is 11.7. The van der Waals surface area contributed by atoms with Crippen LogP contribution in [0.5, 0.6) is 0 Å². The molecular formula is C9H12N4. The van der Waals surface area contributed by atoms with Crippen LogP contribution in [0, 0.1) is 13.8 Å². The van der Waals surface area contributed by atoms with Crippen LogP contribution in [0.2, 0.25) is 0 Å². The molecule has 13 heavy (non-hydrogen) atoms. The Kier molecular flexibility index (Phi) is 1.69. The van der Waals surface area contributed by atoms with Crippen molar-refractivity contribution in [3.8, 4) is 0 Å². The van der Waals surface area contributed by atoms with Crippen molar-refractivity contribution in [2.24, 2.45) is 0 Å². The number of nitrogens with zero attached hydrogens (tertiary/aromatic N) is 2. The molecule has 0 unspecified atom stereocenters. The lowest BCUT2D eigenvalue weighted by molar-refractivity contribution is 1.17. The van der Waals surface area contributed by atoms with Gasteiger partial charge >= 0.3 is 0 Å². The Labute approximate surface area is 76.4 Å². The van der Waals surface area contributed by atoms with Gasteiger partial charge in [-0.3, -0.25) is 0 Å². The first kappa shape index (κ1) is 8.04. The van der Waals surface area contributed by atoms with Gasteiger partial charge in [0.05, 0.1) is 5.52 Å². The van der Waals surface area contributed by atoms with E-state index in [0.717, 1.165) is 22.8 Å². The van der Waals surface area contributed by atoms with Gasteiger partial charge in [-0.1, -0.05) is 0 Å². The zero-order valence-corrected chi connectivity index (χ0v) is 7.97. The highest BCUT2D eigenvalue weighted by Gasteiger charge is 2.04. The molecular weight excluding hydrogens is 164 g/mol. The highest BCUT2D eigenvalue weighted by Crippen LogP contribution is 2.15. The minimum atomic E-state index is 0.757. The van der Waals surface area contributed by atoms with Crippen LogP contribution in [-0.4, -0.2) is 22.0 Å². The van der Waals surface area contributed by atoms with E-state index >= 15 is 0 Å². The molecule has 4 nitrogen and oxygen atoms in total. The molecule has 68 valence electrons. The molecule has 0 radical (unpaired) electrons. The third-order valence-corrected chi connectivity index (χ3v) is 2.15. The Balaban J connectivity index is 2.70. The number of nitrogens with one attached hydrogen (secondary N) is 2. The molecule has 0 aliphatic rings. The predicted molar refractivity (Wildman–Crippen MR) is 52.9 cm³/mol. The predicted octanol–water partition coefficient (Wildman–Crippen LogP) is 1.62. The SMILES string of the molecule is CNc1nc2nc(C)c(C)cc2[nH]1. The second-order valence-electron chi connectivity index (χ2n) is 3.10. The van der Waals surface area contributed by atoms with E-state index in [2.05, 4.69) is 26.3 Å². The van der Waals surface area contributed by atoms with Crippen LogP contribution in [0.15, 0.2) is 6.07 Å². The summed E-state index contributed by atoms with van der Waals surface area (Å²) >= 11 is 0. The first-order valence-electron chi connectivity index (χ1n) is 4.22. The number of imidazole rings is 1. The van der Waals surface area contributed by atoms with E-state index < -0.39 is 0 Å². The maximum Gasteiger partial charge on any atom is 0.202 e. The summed E-state index contributed by atoms with van der Waals surface area (Å²) in [6, 6.07) is 2.06. The smallest absolute Gasteiger partial charge is 0.202 e. The van der Waals surface area contributed by atoms with Crippen molar-refractivity contribution >= 4 is 17.1 Å². The third kappa shape index (κ3) is 1.24. The number of aromatic amines is 1. The lowest BCUT2D eigenvalue weighted by Crippen LogP contribution is -1.88. The maximum atomic E-state index is 4.36. The summed E-state index contributed by atoms with van der Waals surface area (Å²) in [6.45, 7) is 4.03. The molecule has 0 aliphatic heterocycles. The Morgan fingerprint density at radius 2 is 2.08 bits per heavy atom. The van der Waals surface area contributed by atoms with E-state index in [1.807, 2.05) is 20.9 Å². The minimum absolute atomic E-state index is 0.757. The summed E-state index contributed by atoms with van der Waals surface area (Å²) in [5.41, 5.74) is 3.96. The molecule has 2 N–H and O–H groups in total. The van der Waals surface area contributed by atoms with Gasteiger partial charge in [0, 0.05) is 12.7 Å². The fourth-order valence-corrected chi connectivity index (χ4v) is 1.25. The van der Waals surface area contributed by atoms with Gasteiger partial charge in [0.15, 0.2) is 5.65 Å². The Morgan fingerprint density at radius 1 is 1.31 bits per heavy atom. The second-order valence-corrected chi connectivity index (χ2v) is 3.10. The van der Waals surface area contributed by atoms with Gasteiger partial charge in [-0.2, -0.15) is 4.98 Å². The molecule has 2 heterocycles. The number of rotatable bonds is 1. The molecule has 0 aromatic carbocycles. The van der Waals surface area contributed by atoms with Crippen molar-refractivity contribution in [3.05, 3.63) is 17.3 Å². The van der Waals surface area contributed by atoms with Crippen LogP contribution in [0.3, 0.4) is 0 Å². The molecule has 0 fully saturated rings. The Hall–Kier alpha value is -1.58. The highest BCUT2D eigenvalue weighted by molar-refractivity contribution is 5.74. The number of fused-ring (bicyclic) bond motifs is 1. The van der Waals surface area contributed by atoms with E-state index in [0.29, 0.717) is 0 Å². The zero-order valence-electron chi connectivity index (χ0n) is 7.97. The monoisotopic (exact) mass is 176 g/mol. The van der Waals surface area contributed by atoms with Gasteiger partial charge in [-0.15, -0.1) is 0 Å². The van der Waals surface area contributed by atoms with Gasteiger partial charge in [-0.05, 0) is 25.5 Å². The summed E-state index contributed by atoms with van der Waals surface area (Å²) in [6.07, 6.45) is 0. The molecule has 2 aromatic rings. The average molecular weight is 176 g/mol. The van der Waals surface area contributed by atoms with Gasteiger partial charge in [0.1, 0.15) is 0 Å². The lowest BCUT2D eigenvalue weighted by Gasteiger charge is -1.96. The minimum Gasteiger partial charge on any atom is -0.359 e. The largest absolute Gasteiger partial charge is 0.359 e. The second kappa shape index (κ2) is 2.73. The lowest BCUT2D eigenvalue weighted by atomic mass is 10.2. The van der Waals surface area contributed by atoms with Crippen molar-refractivity contribution in [2.45, 2.75) is 13.8 Å². The fraction of sp³-hybridized carbons (Fsp3) is 0.333. The first-order chi connectivity index (χ1) is 6.20. The van der Waals surface area contributed by atoms with Crippen molar-refractivity contribution in [1.29, 1.82) is 0 Å². The number of hydrogen-bond acceptors (Lipinski definition) is 3. The Bertz CT molecular complexity index is 405. The summed E-state index contributed by atoms with van der Waals surface area (Å²) < 4.78 is 0. The van der Waals surface area contributed by atoms with Crippen LogP contribution in [0.4, 0.5) is 5.95 Å². The quantitative estimate of drug-likeness (QED) is 0.694. The molecule has 0 bridgehead atoms. The van der Waals surface area contributed by atoms with E-state index in [9.17, 15) is 0 Å². The molecule has 2 aromatic heterocycles. The fourth-order valence-electron chi connectivity index (χ4n) is 1.25. The Morgan fingerprint density at radius 3 is 2.77 bits per heavy atom. The number of hydrogen-bond donors (Lipinski definition) is 2. The van der Waals surface area contributed by atoms with Gasteiger partial charge in [0.2, 0.25) is 5.95 Å². The van der Waals surface area contributed by atoms with E-state index in [1.165, 1.54) is 5.56 Å². The van der Waals surface area contributed by atoms with Gasteiger partial charge in [0.25, 0.3) is 0 Å². The third-order valence-electron chi connectivity index (χ3n) is 2.15. The van der Waals surface area contributed by atoms with Crippen molar-refractivity contribution < 1.29 is 0 Å². The topological polar surface area (TPSA) is 53.6 Å². The molecule has 0 aliphatic carbocycles. The summed E-state index contributed by atoms with van der Waals surface area (Å²) in [5, 5.41) is 2.95. The van der Waals surface area contributed by atoms with Crippen LogP contribution in [-0.2, 0) is 0 Å². The van der Waals surface area contributed by atoms with Crippen LogP contribution < -0.4 is 5.32 Å². The molecule has 0 saturated heterocycles. The average Bonchev–Trinajstić information content (AvgIpc) is 2.48. The number of aryl methyl sites for hydroxylation is 2. The molecule has 0 amide bonds. The number of aromatic nitrogens is 3. The summed E-state index contributed by atoms with van der Waals surface area (Å²) in [5.74, 6) is 0.757. The standard InChI is InChI=1S/C9H12N4/c1-5-4-7-8(11-6(5)2)13-9(10-3)12-7/h4H,1-3H3,(H2,10,11,12,13). The van der Waals surface area contributed by atoms with Crippen LogP contribution in [0.1, 0.15) is 11.3 Å². The van der Waals surface area contributed by atoms with E-state index in [4.69, 9.17) is 0 Å². The van der Waals surface area contributed by atoms with E-state index in [-0.39, 0.29) is 0 Å². The zero-order chi connectivity index (χ0) is 9.42. The van der Waals surface area contributed by atoms with Gasteiger partial charge < -0.3 is 10.3 Å². The molecule has 4 heteroatoms.